The van der Waals surface area contributed by atoms with E-state index in [9.17, 15) is 4.79 Å². The summed E-state index contributed by atoms with van der Waals surface area (Å²) >= 11 is 0. The van der Waals surface area contributed by atoms with Gasteiger partial charge in [0, 0.05) is 12.5 Å². The third-order valence-corrected chi connectivity index (χ3v) is 12.9. The largest absolute Gasteiger partial charge is 0.449 e. The summed E-state index contributed by atoms with van der Waals surface area (Å²) < 4.78 is 18.3. The van der Waals surface area contributed by atoms with Gasteiger partial charge in [-0.1, -0.05) is 130 Å². The van der Waals surface area contributed by atoms with Crippen LogP contribution in [0.25, 0.3) is 11.1 Å². The van der Waals surface area contributed by atoms with Crippen molar-refractivity contribution in [2.75, 3.05) is 33.0 Å². The first kappa shape index (κ1) is 28.8. The maximum Gasteiger partial charge on any atom is 0.407 e. The Kier molecular flexibility index (Phi) is 9.03. The Morgan fingerprint density at radius 2 is 1.22 bits per heavy atom. The molecule has 1 aliphatic rings. The van der Waals surface area contributed by atoms with Crippen LogP contribution in [0.1, 0.15) is 37.8 Å². The van der Waals surface area contributed by atoms with Gasteiger partial charge in [-0.15, -0.1) is 0 Å². The molecule has 4 aromatic rings. The number of hydrogen-bond donors (Lipinski definition) is 1. The van der Waals surface area contributed by atoms with E-state index < -0.39 is 14.4 Å². The molecule has 5 nitrogen and oxygen atoms in total. The molecule has 0 bridgehead atoms. The Morgan fingerprint density at radius 1 is 0.707 bits per heavy atom. The summed E-state index contributed by atoms with van der Waals surface area (Å²) in [6.07, 6.45) is -0.431. The molecule has 5 rings (SSSR count). The van der Waals surface area contributed by atoms with E-state index in [1.54, 1.807) is 0 Å². The summed E-state index contributed by atoms with van der Waals surface area (Å²) in [5.74, 6) is 0.0445. The number of benzene rings is 4. The predicted octanol–water partition coefficient (Wildman–Crippen LogP) is 6.12. The average Bonchev–Trinajstić information content (AvgIpc) is 3.31. The van der Waals surface area contributed by atoms with E-state index in [1.165, 1.54) is 32.6 Å². The van der Waals surface area contributed by atoms with E-state index in [0.717, 1.165) is 0 Å². The molecule has 41 heavy (non-hydrogen) atoms. The van der Waals surface area contributed by atoms with Crippen LogP contribution in [0.15, 0.2) is 109 Å². The van der Waals surface area contributed by atoms with Gasteiger partial charge in [0.05, 0.1) is 19.8 Å². The van der Waals surface area contributed by atoms with Gasteiger partial charge in [-0.05, 0) is 37.7 Å². The summed E-state index contributed by atoms with van der Waals surface area (Å²) in [7, 11) is -2.58. The molecule has 1 N–H and O–H groups in total. The Hall–Kier alpha value is -3.71. The standard InChI is InChI=1S/C35H39NO4Si/c1-35(2,3)41(27-14-6-4-7-15-27,28-16-8-5-9-17-28)40-25-24-38-23-22-36-34(37)39-26-33-31-20-12-10-18-29(31)30-19-11-13-21-32(30)33/h4-21,33H,22-26H2,1-3H3,(H,36,37). The third-order valence-electron chi connectivity index (χ3n) is 7.82. The van der Waals surface area contributed by atoms with E-state index in [0.29, 0.717) is 33.0 Å². The second kappa shape index (κ2) is 12.9. The van der Waals surface area contributed by atoms with Crippen LogP contribution in [-0.2, 0) is 13.9 Å². The SMILES string of the molecule is CC(C)(C)[Si](OCCOCCNC(=O)OCC1c2ccccc2-c2ccccc21)(c1ccccc1)c1ccccc1. The van der Waals surface area contributed by atoms with Crippen molar-refractivity contribution in [2.45, 2.75) is 31.7 Å². The Balaban J connectivity index is 1.10. The molecule has 0 atom stereocenters. The van der Waals surface area contributed by atoms with Gasteiger partial charge in [0.25, 0.3) is 8.32 Å². The number of rotatable bonds is 11. The zero-order chi connectivity index (χ0) is 28.7. The molecule has 6 heteroatoms. The zero-order valence-corrected chi connectivity index (χ0v) is 25.1. The molecule has 212 valence electrons. The van der Waals surface area contributed by atoms with Gasteiger partial charge in [-0.25, -0.2) is 4.79 Å². The number of amides is 1. The first-order chi connectivity index (χ1) is 19.9. The highest BCUT2D eigenvalue weighted by Crippen LogP contribution is 2.44. The molecular formula is C35H39NO4Si. The first-order valence-electron chi connectivity index (χ1n) is 14.3. The molecule has 0 aromatic heterocycles. The van der Waals surface area contributed by atoms with Crippen LogP contribution in [0.2, 0.25) is 5.04 Å². The Labute approximate surface area is 244 Å². The molecule has 0 heterocycles. The second-order valence-electron chi connectivity index (χ2n) is 11.4. The molecule has 0 spiro atoms. The first-order valence-corrected chi connectivity index (χ1v) is 16.2. The number of carbonyl (C=O) groups excluding carboxylic acids is 1. The van der Waals surface area contributed by atoms with Crippen molar-refractivity contribution in [3.8, 4) is 11.1 Å². The van der Waals surface area contributed by atoms with Crippen molar-refractivity contribution < 1.29 is 18.7 Å². The minimum atomic E-state index is -2.58. The van der Waals surface area contributed by atoms with E-state index in [1.807, 2.05) is 36.4 Å². The molecule has 0 saturated carbocycles. The molecule has 0 saturated heterocycles. The van der Waals surface area contributed by atoms with Gasteiger partial charge in [-0.3, -0.25) is 0 Å². The van der Waals surface area contributed by atoms with Gasteiger partial charge >= 0.3 is 6.09 Å². The number of hydrogen-bond acceptors (Lipinski definition) is 4. The fourth-order valence-electron chi connectivity index (χ4n) is 5.99. The van der Waals surface area contributed by atoms with Crippen LogP contribution in [0.4, 0.5) is 4.79 Å². The number of carbonyl (C=O) groups is 1. The number of ether oxygens (including phenoxy) is 2. The molecule has 0 unspecified atom stereocenters. The smallest absolute Gasteiger partial charge is 0.407 e. The van der Waals surface area contributed by atoms with Crippen molar-refractivity contribution in [1.29, 1.82) is 0 Å². The highest BCUT2D eigenvalue weighted by molar-refractivity contribution is 6.99. The van der Waals surface area contributed by atoms with Gasteiger partial charge in [0.15, 0.2) is 0 Å². The van der Waals surface area contributed by atoms with E-state index in [2.05, 4.69) is 98.9 Å². The van der Waals surface area contributed by atoms with Crippen molar-refractivity contribution in [2.24, 2.45) is 0 Å². The summed E-state index contributed by atoms with van der Waals surface area (Å²) in [5.41, 5.74) is 4.83. The fourth-order valence-corrected chi connectivity index (χ4v) is 10.5. The van der Waals surface area contributed by atoms with Crippen LogP contribution in [0, 0.1) is 0 Å². The lowest BCUT2D eigenvalue weighted by Crippen LogP contribution is -2.66. The minimum Gasteiger partial charge on any atom is -0.449 e. The van der Waals surface area contributed by atoms with E-state index >= 15 is 0 Å². The van der Waals surface area contributed by atoms with Gasteiger partial charge < -0.3 is 19.2 Å². The monoisotopic (exact) mass is 565 g/mol. The van der Waals surface area contributed by atoms with Crippen molar-refractivity contribution in [3.63, 3.8) is 0 Å². The van der Waals surface area contributed by atoms with Gasteiger partial charge in [0.1, 0.15) is 6.61 Å². The third kappa shape index (κ3) is 6.15. The average molecular weight is 566 g/mol. The molecular weight excluding hydrogens is 526 g/mol. The number of nitrogens with one attached hydrogen (secondary N) is 1. The second-order valence-corrected chi connectivity index (χ2v) is 15.7. The molecule has 0 fully saturated rings. The van der Waals surface area contributed by atoms with Crippen molar-refractivity contribution in [3.05, 3.63) is 120 Å². The predicted molar refractivity (Wildman–Crippen MR) is 167 cm³/mol. The summed E-state index contributed by atoms with van der Waals surface area (Å²) in [6.45, 7) is 8.75. The van der Waals surface area contributed by atoms with Crippen LogP contribution in [0.5, 0.6) is 0 Å². The highest BCUT2D eigenvalue weighted by atomic mass is 28.4. The number of alkyl carbamates (subject to hydrolysis) is 1. The lowest BCUT2D eigenvalue weighted by molar-refractivity contribution is 0.0944. The molecule has 0 aliphatic heterocycles. The topological polar surface area (TPSA) is 56.8 Å². The van der Waals surface area contributed by atoms with Crippen LogP contribution in [-0.4, -0.2) is 47.4 Å². The van der Waals surface area contributed by atoms with Crippen molar-refractivity contribution >= 4 is 24.8 Å². The molecule has 4 aromatic carbocycles. The zero-order valence-electron chi connectivity index (χ0n) is 24.1. The summed E-state index contributed by atoms with van der Waals surface area (Å²) in [5, 5.41) is 5.23. The highest BCUT2D eigenvalue weighted by Gasteiger charge is 2.50. The maximum absolute atomic E-state index is 12.5. The van der Waals surface area contributed by atoms with Gasteiger partial charge in [-0.2, -0.15) is 0 Å². The molecule has 1 amide bonds. The van der Waals surface area contributed by atoms with Crippen LogP contribution < -0.4 is 15.7 Å². The maximum atomic E-state index is 12.5. The van der Waals surface area contributed by atoms with E-state index in [4.69, 9.17) is 13.9 Å². The Bertz CT molecular complexity index is 1350. The quantitative estimate of drug-likeness (QED) is 0.176. The van der Waals surface area contributed by atoms with Gasteiger partial charge in [0.2, 0.25) is 0 Å². The van der Waals surface area contributed by atoms with Crippen molar-refractivity contribution in [1.82, 2.24) is 5.32 Å². The minimum absolute atomic E-state index is 0.0445. The summed E-state index contributed by atoms with van der Waals surface area (Å²) in [6, 6.07) is 37.8. The van der Waals surface area contributed by atoms with E-state index in [-0.39, 0.29) is 11.0 Å². The normalized spacial score (nSPS) is 13.0. The fraction of sp³-hybridized carbons (Fsp3) is 0.286. The number of fused-ring (bicyclic) bond motifs is 3. The van der Waals surface area contributed by atoms with Crippen LogP contribution in [0.3, 0.4) is 0 Å². The van der Waals surface area contributed by atoms with Crippen LogP contribution >= 0.6 is 0 Å². The lowest BCUT2D eigenvalue weighted by atomic mass is 9.98. The lowest BCUT2D eigenvalue weighted by Gasteiger charge is -2.43. The Morgan fingerprint density at radius 3 is 1.76 bits per heavy atom. The summed E-state index contributed by atoms with van der Waals surface area (Å²) in [4.78, 5) is 12.5. The molecule has 1 aliphatic carbocycles. The molecule has 0 radical (unpaired) electrons.